The third kappa shape index (κ3) is 3.76. The van der Waals surface area contributed by atoms with E-state index in [0.29, 0.717) is 35.0 Å². The summed E-state index contributed by atoms with van der Waals surface area (Å²) in [5, 5.41) is 6.65. The highest BCUT2D eigenvalue weighted by Crippen LogP contribution is 2.29. The van der Waals surface area contributed by atoms with Crippen molar-refractivity contribution in [2.45, 2.75) is 17.2 Å². The molecular weight excluding hydrogens is 428 g/mol. The number of benzene rings is 3. The topological polar surface area (TPSA) is 66.5 Å². The van der Waals surface area contributed by atoms with Crippen LogP contribution in [0.5, 0.6) is 0 Å². The van der Waals surface area contributed by atoms with E-state index in [1.165, 1.54) is 15.6 Å². The van der Waals surface area contributed by atoms with Crippen molar-refractivity contribution in [2.24, 2.45) is 0 Å². The monoisotopic (exact) mass is 448 g/mol. The molecule has 0 spiro atoms. The van der Waals surface area contributed by atoms with Gasteiger partial charge in [-0.3, -0.25) is 4.79 Å². The van der Waals surface area contributed by atoms with Gasteiger partial charge in [0, 0.05) is 24.3 Å². The maximum absolute atomic E-state index is 13.0. The van der Waals surface area contributed by atoms with Crippen LogP contribution in [-0.2, 0) is 23.0 Å². The number of anilines is 1. The van der Waals surface area contributed by atoms with Crippen molar-refractivity contribution in [3.05, 3.63) is 94.9 Å². The van der Waals surface area contributed by atoms with Crippen LogP contribution < -0.4 is 5.32 Å². The second kappa shape index (κ2) is 7.92. The fraction of sp³-hybridized carbons (Fsp3) is 0.125. The first-order chi connectivity index (χ1) is 15.0. The highest BCUT2D eigenvalue weighted by atomic mass is 32.2. The molecule has 156 valence electrons. The summed E-state index contributed by atoms with van der Waals surface area (Å²) in [6.45, 7) is 0.752. The molecule has 0 bridgehead atoms. The second-order valence-electron chi connectivity index (χ2n) is 7.49. The van der Waals surface area contributed by atoms with E-state index in [-0.39, 0.29) is 5.91 Å². The molecule has 0 saturated carbocycles. The van der Waals surface area contributed by atoms with Crippen LogP contribution in [0, 0.1) is 0 Å². The Morgan fingerprint density at radius 1 is 0.935 bits per heavy atom. The van der Waals surface area contributed by atoms with Crippen LogP contribution in [0.3, 0.4) is 0 Å². The van der Waals surface area contributed by atoms with Gasteiger partial charge in [-0.15, -0.1) is 11.3 Å². The summed E-state index contributed by atoms with van der Waals surface area (Å²) >= 11 is 1.23. The normalized spacial score (nSPS) is 14.3. The van der Waals surface area contributed by atoms with E-state index in [2.05, 4.69) is 5.32 Å². The average molecular weight is 449 g/mol. The molecule has 3 aromatic carbocycles. The lowest BCUT2D eigenvalue weighted by molar-refractivity contribution is 0.102. The number of carbonyl (C=O) groups is 1. The van der Waals surface area contributed by atoms with Gasteiger partial charge in [0.15, 0.2) is 0 Å². The molecule has 0 aliphatic carbocycles. The van der Waals surface area contributed by atoms with Crippen LogP contribution in [0.15, 0.2) is 82.4 Å². The molecule has 1 N–H and O–H groups in total. The number of nitrogens with one attached hydrogen (secondary N) is 1. The first-order valence-corrected chi connectivity index (χ1v) is 12.3. The van der Waals surface area contributed by atoms with Gasteiger partial charge in [-0.05, 0) is 58.0 Å². The lowest BCUT2D eigenvalue weighted by atomic mass is 10.00. The summed E-state index contributed by atoms with van der Waals surface area (Å²) < 4.78 is 27.7. The molecule has 5 nitrogen and oxygen atoms in total. The van der Waals surface area contributed by atoms with E-state index in [4.69, 9.17) is 0 Å². The Morgan fingerprint density at radius 2 is 1.77 bits per heavy atom. The Balaban J connectivity index is 1.40. The van der Waals surface area contributed by atoms with E-state index < -0.39 is 10.0 Å². The predicted octanol–water partition coefficient (Wildman–Crippen LogP) is 4.90. The summed E-state index contributed by atoms with van der Waals surface area (Å²) in [6, 6.07) is 22.6. The number of thiophene rings is 1. The van der Waals surface area contributed by atoms with Crippen LogP contribution in [0.2, 0.25) is 0 Å². The van der Waals surface area contributed by atoms with Crippen LogP contribution in [0.25, 0.3) is 10.8 Å². The molecule has 2 heterocycles. The minimum Gasteiger partial charge on any atom is -0.322 e. The van der Waals surface area contributed by atoms with Gasteiger partial charge < -0.3 is 5.32 Å². The van der Waals surface area contributed by atoms with Crippen LogP contribution >= 0.6 is 11.3 Å². The molecule has 0 atom stereocenters. The molecule has 1 amide bonds. The number of rotatable bonds is 4. The van der Waals surface area contributed by atoms with Gasteiger partial charge in [0.05, 0.1) is 0 Å². The highest BCUT2D eigenvalue weighted by molar-refractivity contribution is 7.91. The van der Waals surface area contributed by atoms with Gasteiger partial charge in [-0.25, -0.2) is 8.42 Å². The Labute approximate surface area is 185 Å². The number of fused-ring (bicyclic) bond motifs is 2. The van der Waals surface area contributed by atoms with E-state index in [1.54, 1.807) is 17.5 Å². The van der Waals surface area contributed by atoms with Crippen molar-refractivity contribution < 1.29 is 13.2 Å². The van der Waals surface area contributed by atoms with Gasteiger partial charge in [0.2, 0.25) is 0 Å². The largest absolute Gasteiger partial charge is 0.322 e. The SMILES string of the molecule is O=C(Nc1ccc2c(c1)CN(S(=O)(=O)c1cccs1)CC2)c1cccc2ccccc12. The molecule has 0 saturated heterocycles. The van der Waals surface area contributed by atoms with Crippen molar-refractivity contribution in [1.29, 1.82) is 0 Å². The summed E-state index contributed by atoms with van der Waals surface area (Å²) in [5.74, 6) is -0.185. The van der Waals surface area contributed by atoms with Crippen molar-refractivity contribution in [3.8, 4) is 0 Å². The molecule has 4 aromatic rings. The number of sulfonamides is 1. The molecule has 31 heavy (non-hydrogen) atoms. The van der Waals surface area contributed by atoms with E-state index >= 15 is 0 Å². The van der Waals surface area contributed by atoms with E-state index in [1.807, 2.05) is 60.7 Å². The van der Waals surface area contributed by atoms with Crippen molar-refractivity contribution >= 4 is 43.7 Å². The molecule has 1 aromatic heterocycles. The minimum atomic E-state index is -3.50. The summed E-state index contributed by atoms with van der Waals surface area (Å²) in [5.41, 5.74) is 3.30. The summed E-state index contributed by atoms with van der Waals surface area (Å²) in [4.78, 5) is 13.0. The third-order valence-corrected chi connectivity index (χ3v) is 8.78. The van der Waals surface area contributed by atoms with Crippen molar-refractivity contribution in [2.75, 3.05) is 11.9 Å². The lowest BCUT2D eigenvalue weighted by Gasteiger charge is -2.28. The standard InChI is InChI=1S/C24H20N2O3S2/c27-24(22-8-3-6-18-5-1-2-7-21(18)22)25-20-11-10-17-12-13-26(16-19(17)15-20)31(28,29)23-9-4-14-30-23/h1-11,14-15H,12-13,16H2,(H,25,27). The Hall–Kier alpha value is -3.00. The molecule has 0 radical (unpaired) electrons. The minimum absolute atomic E-state index is 0.185. The fourth-order valence-electron chi connectivity index (χ4n) is 3.97. The number of hydrogen-bond donors (Lipinski definition) is 1. The molecular formula is C24H20N2O3S2. The molecule has 1 aliphatic heterocycles. The average Bonchev–Trinajstić information content (AvgIpc) is 3.34. The number of carbonyl (C=O) groups excluding carboxylic acids is 1. The zero-order valence-corrected chi connectivity index (χ0v) is 18.2. The van der Waals surface area contributed by atoms with Crippen LogP contribution in [-0.4, -0.2) is 25.2 Å². The first kappa shape index (κ1) is 19.9. The zero-order chi connectivity index (χ0) is 21.4. The lowest BCUT2D eigenvalue weighted by Crippen LogP contribution is -2.35. The van der Waals surface area contributed by atoms with Gasteiger partial charge in [0.1, 0.15) is 4.21 Å². The highest BCUT2D eigenvalue weighted by Gasteiger charge is 2.29. The van der Waals surface area contributed by atoms with E-state index in [0.717, 1.165) is 21.9 Å². The molecule has 5 rings (SSSR count). The Kier molecular flexibility index (Phi) is 5.09. The predicted molar refractivity (Wildman–Crippen MR) is 124 cm³/mol. The molecule has 0 fully saturated rings. The van der Waals surface area contributed by atoms with Gasteiger partial charge in [-0.1, -0.05) is 48.5 Å². The quantitative estimate of drug-likeness (QED) is 0.483. The summed E-state index contributed by atoms with van der Waals surface area (Å²) in [6.07, 6.45) is 0.650. The van der Waals surface area contributed by atoms with Crippen molar-refractivity contribution in [3.63, 3.8) is 0 Å². The second-order valence-corrected chi connectivity index (χ2v) is 10.6. The zero-order valence-electron chi connectivity index (χ0n) is 16.6. The van der Waals surface area contributed by atoms with Crippen LogP contribution in [0.4, 0.5) is 5.69 Å². The van der Waals surface area contributed by atoms with Gasteiger partial charge in [0.25, 0.3) is 15.9 Å². The molecule has 1 aliphatic rings. The molecule has 7 heteroatoms. The maximum atomic E-state index is 13.0. The molecule has 0 unspecified atom stereocenters. The Bertz CT molecular complexity index is 1370. The summed E-state index contributed by atoms with van der Waals surface area (Å²) in [7, 11) is -3.50. The van der Waals surface area contributed by atoms with Crippen molar-refractivity contribution in [1.82, 2.24) is 4.31 Å². The van der Waals surface area contributed by atoms with Crippen LogP contribution in [0.1, 0.15) is 21.5 Å². The number of amides is 1. The third-order valence-electron chi connectivity index (χ3n) is 5.56. The number of nitrogens with zero attached hydrogens (tertiary/aromatic N) is 1. The smallest absolute Gasteiger partial charge is 0.256 e. The first-order valence-electron chi connectivity index (χ1n) is 9.97. The fourth-order valence-corrected chi connectivity index (χ4v) is 6.54. The van der Waals surface area contributed by atoms with Gasteiger partial charge in [-0.2, -0.15) is 4.31 Å². The van der Waals surface area contributed by atoms with Gasteiger partial charge >= 0.3 is 0 Å². The Morgan fingerprint density at radius 3 is 2.61 bits per heavy atom. The maximum Gasteiger partial charge on any atom is 0.256 e. The number of hydrogen-bond acceptors (Lipinski definition) is 4. The van der Waals surface area contributed by atoms with E-state index in [9.17, 15) is 13.2 Å².